The normalized spacial score (nSPS) is 13.9. The molecule has 1 aliphatic heterocycles. The lowest BCUT2D eigenvalue weighted by atomic mass is 10.2. The molecule has 2 aromatic rings. The number of hydrogen-bond donors (Lipinski definition) is 1. The standard InChI is InChI=1S/C15H18N4O3.3ClH/c20-14(9-18-5-7-22-8-6-18)17-11-19-10-16-13-4-2-1-3-12(13)15(19)21;;;/h1-4,10H,5-9,11H2,(H,17,20);3*1H. The number of amides is 1. The molecule has 3 rings (SSSR count). The maximum atomic E-state index is 12.3. The van der Waals surface area contributed by atoms with E-state index in [-0.39, 0.29) is 55.4 Å². The molecule has 0 radical (unpaired) electrons. The molecule has 1 fully saturated rings. The number of nitrogens with one attached hydrogen (secondary N) is 1. The lowest BCUT2D eigenvalue weighted by Crippen LogP contribution is -2.44. The molecule has 0 aliphatic carbocycles. The molecule has 0 spiro atoms. The van der Waals surface area contributed by atoms with Crippen LogP contribution < -0.4 is 10.9 Å². The van der Waals surface area contributed by atoms with Gasteiger partial charge in [0.05, 0.1) is 43.7 Å². The van der Waals surface area contributed by atoms with Gasteiger partial charge in [0.1, 0.15) is 0 Å². The van der Waals surface area contributed by atoms with Gasteiger partial charge in [-0.3, -0.25) is 19.1 Å². The summed E-state index contributed by atoms with van der Waals surface area (Å²) in [6.07, 6.45) is 1.46. The van der Waals surface area contributed by atoms with Crippen LogP contribution in [0.2, 0.25) is 0 Å². The summed E-state index contributed by atoms with van der Waals surface area (Å²) >= 11 is 0. The second-order valence-corrected chi connectivity index (χ2v) is 5.18. The first-order valence-corrected chi connectivity index (χ1v) is 7.25. The Morgan fingerprint density at radius 1 is 1.16 bits per heavy atom. The molecule has 2 heterocycles. The predicted octanol–water partition coefficient (Wildman–Crippen LogP) is 1.07. The van der Waals surface area contributed by atoms with Gasteiger partial charge in [0, 0.05) is 13.1 Å². The first kappa shape index (κ1) is 23.6. The predicted molar refractivity (Wildman–Crippen MR) is 103 cm³/mol. The Hall–Kier alpha value is -1.38. The van der Waals surface area contributed by atoms with E-state index in [9.17, 15) is 9.59 Å². The SMILES string of the molecule is Cl.Cl.Cl.O=C(CN1CCOCC1)NCn1cnc2ccccc2c1=O. The Bertz CT molecular complexity index is 735. The van der Waals surface area contributed by atoms with Crippen molar-refractivity contribution in [3.63, 3.8) is 0 Å². The summed E-state index contributed by atoms with van der Waals surface area (Å²) in [6.45, 7) is 3.26. The minimum absolute atomic E-state index is 0. The van der Waals surface area contributed by atoms with Crippen LogP contribution in [0, 0.1) is 0 Å². The number of morpholine rings is 1. The van der Waals surface area contributed by atoms with Crippen LogP contribution in [0.3, 0.4) is 0 Å². The van der Waals surface area contributed by atoms with Crippen molar-refractivity contribution in [3.8, 4) is 0 Å². The number of hydrogen-bond acceptors (Lipinski definition) is 5. The van der Waals surface area contributed by atoms with Crippen LogP contribution >= 0.6 is 37.2 Å². The first-order valence-electron chi connectivity index (χ1n) is 7.25. The minimum Gasteiger partial charge on any atom is -0.379 e. The summed E-state index contributed by atoms with van der Waals surface area (Å²) in [6, 6.07) is 7.16. The molecule has 1 aliphatic rings. The number of aromatic nitrogens is 2. The van der Waals surface area contributed by atoms with Gasteiger partial charge in [-0.15, -0.1) is 37.2 Å². The first-order chi connectivity index (χ1) is 10.7. The number of nitrogens with zero attached hydrogens (tertiary/aromatic N) is 3. The largest absolute Gasteiger partial charge is 0.379 e. The average molecular weight is 412 g/mol. The highest BCUT2D eigenvalue weighted by molar-refractivity contribution is 5.86. The maximum Gasteiger partial charge on any atom is 0.262 e. The van der Waals surface area contributed by atoms with Gasteiger partial charge >= 0.3 is 0 Å². The highest BCUT2D eigenvalue weighted by Crippen LogP contribution is 2.04. The van der Waals surface area contributed by atoms with E-state index in [1.54, 1.807) is 18.2 Å². The number of benzene rings is 1. The highest BCUT2D eigenvalue weighted by Gasteiger charge is 2.14. The molecular weight excluding hydrogens is 391 g/mol. The number of rotatable bonds is 4. The van der Waals surface area contributed by atoms with Crippen LogP contribution in [0.25, 0.3) is 10.9 Å². The third-order valence-electron chi connectivity index (χ3n) is 3.65. The maximum absolute atomic E-state index is 12.3. The van der Waals surface area contributed by atoms with Gasteiger partial charge in [-0.25, -0.2) is 4.98 Å². The van der Waals surface area contributed by atoms with E-state index in [2.05, 4.69) is 10.3 Å². The van der Waals surface area contributed by atoms with Gasteiger partial charge in [0.15, 0.2) is 0 Å². The Labute approximate surface area is 164 Å². The quantitative estimate of drug-likeness (QED) is 0.814. The fourth-order valence-corrected chi connectivity index (χ4v) is 2.41. The van der Waals surface area contributed by atoms with Gasteiger partial charge in [-0.2, -0.15) is 0 Å². The molecule has 10 heteroatoms. The van der Waals surface area contributed by atoms with E-state index >= 15 is 0 Å². The van der Waals surface area contributed by atoms with Crippen molar-refractivity contribution >= 4 is 54.0 Å². The van der Waals surface area contributed by atoms with E-state index in [1.165, 1.54) is 10.9 Å². The lowest BCUT2D eigenvalue weighted by molar-refractivity contribution is -0.123. The Morgan fingerprint density at radius 3 is 2.56 bits per heavy atom. The third kappa shape index (κ3) is 6.13. The molecule has 7 nitrogen and oxygen atoms in total. The van der Waals surface area contributed by atoms with Crippen molar-refractivity contribution in [2.75, 3.05) is 32.8 Å². The second-order valence-electron chi connectivity index (χ2n) is 5.18. The zero-order chi connectivity index (χ0) is 15.4. The number of carbonyl (C=O) groups is 1. The van der Waals surface area contributed by atoms with Crippen LogP contribution in [0.1, 0.15) is 0 Å². The van der Waals surface area contributed by atoms with Gasteiger partial charge in [-0.05, 0) is 12.1 Å². The molecule has 1 aromatic carbocycles. The number of carbonyl (C=O) groups excluding carboxylic acids is 1. The minimum atomic E-state index is -0.155. The summed E-state index contributed by atoms with van der Waals surface area (Å²) in [5.74, 6) is -0.109. The van der Waals surface area contributed by atoms with Crippen LogP contribution in [-0.4, -0.2) is 53.2 Å². The number of fused-ring (bicyclic) bond motifs is 1. The fourth-order valence-electron chi connectivity index (χ4n) is 2.41. The Kier molecular flexibility index (Phi) is 10.7. The summed E-state index contributed by atoms with van der Waals surface area (Å²) in [5.41, 5.74) is 0.501. The van der Waals surface area contributed by atoms with Crippen molar-refractivity contribution in [1.29, 1.82) is 0 Å². The van der Waals surface area contributed by atoms with Crippen molar-refractivity contribution in [2.24, 2.45) is 0 Å². The molecule has 25 heavy (non-hydrogen) atoms. The van der Waals surface area contributed by atoms with E-state index in [0.717, 1.165) is 13.1 Å². The molecule has 0 saturated carbocycles. The number of para-hydroxylation sites is 1. The smallest absolute Gasteiger partial charge is 0.262 e. The van der Waals surface area contributed by atoms with Gasteiger partial charge < -0.3 is 10.1 Å². The molecule has 1 amide bonds. The molecule has 0 atom stereocenters. The molecule has 1 N–H and O–H groups in total. The van der Waals surface area contributed by atoms with Crippen LogP contribution in [0.15, 0.2) is 35.4 Å². The summed E-state index contributed by atoms with van der Waals surface area (Å²) < 4.78 is 6.64. The van der Waals surface area contributed by atoms with E-state index in [0.29, 0.717) is 30.7 Å². The van der Waals surface area contributed by atoms with Crippen molar-refractivity contribution in [2.45, 2.75) is 6.67 Å². The van der Waals surface area contributed by atoms with Gasteiger partial charge in [0.2, 0.25) is 5.91 Å². The van der Waals surface area contributed by atoms with Gasteiger partial charge in [0.25, 0.3) is 5.56 Å². The fraction of sp³-hybridized carbons (Fsp3) is 0.400. The van der Waals surface area contributed by atoms with E-state index in [4.69, 9.17) is 4.74 Å². The summed E-state index contributed by atoms with van der Waals surface area (Å²) in [5, 5.41) is 3.30. The Morgan fingerprint density at radius 2 is 1.84 bits per heavy atom. The third-order valence-corrected chi connectivity index (χ3v) is 3.65. The average Bonchev–Trinajstić information content (AvgIpc) is 2.55. The topological polar surface area (TPSA) is 76.5 Å². The second kappa shape index (κ2) is 11.3. The summed E-state index contributed by atoms with van der Waals surface area (Å²) in [7, 11) is 0. The Balaban J connectivity index is 0.00000192. The summed E-state index contributed by atoms with van der Waals surface area (Å²) in [4.78, 5) is 30.5. The zero-order valence-electron chi connectivity index (χ0n) is 13.4. The number of halogens is 3. The zero-order valence-corrected chi connectivity index (χ0v) is 15.9. The molecular formula is C15H21Cl3N4O3. The molecule has 1 saturated heterocycles. The van der Waals surface area contributed by atoms with Crippen molar-refractivity contribution in [1.82, 2.24) is 19.8 Å². The van der Waals surface area contributed by atoms with Crippen molar-refractivity contribution < 1.29 is 9.53 Å². The van der Waals surface area contributed by atoms with Crippen LogP contribution in [-0.2, 0) is 16.2 Å². The lowest BCUT2D eigenvalue weighted by Gasteiger charge is -2.25. The van der Waals surface area contributed by atoms with E-state index in [1.807, 2.05) is 11.0 Å². The van der Waals surface area contributed by atoms with E-state index < -0.39 is 0 Å². The molecule has 0 unspecified atom stereocenters. The molecule has 1 aromatic heterocycles. The molecule has 140 valence electrons. The van der Waals surface area contributed by atoms with Crippen LogP contribution in [0.5, 0.6) is 0 Å². The van der Waals surface area contributed by atoms with Crippen molar-refractivity contribution in [3.05, 3.63) is 40.9 Å². The highest BCUT2D eigenvalue weighted by atomic mass is 35.5. The number of ether oxygens (including phenoxy) is 1. The molecule has 0 bridgehead atoms. The van der Waals surface area contributed by atoms with Gasteiger partial charge in [-0.1, -0.05) is 12.1 Å². The van der Waals surface area contributed by atoms with Crippen LogP contribution in [0.4, 0.5) is 0 Å². The monoisotopic (exact) mass is 410 g/mol.